The van der Waals surface area contributed by atoms with Crippen LogP contribution in [-0.4, -0.2) is 37.9 Å². The van der Waals surface area contributed by atoms with Crippen molar-refractivity contribution in [2.24, 2.45) is 0 Å². The van der Waals surface area contributed by atoms with E-state index in [2.05, 4.69) is 25.7 Å². The fourth-order valence-corrected chi connectivity index (χ4v) is 2.20. The molecule has 1 rings (SSSR count). The lowest BCUT2D eigenvalue weighted by Crippen LogP contribution is -2.44. The Hall–Kier alpha value is -1.02. The molecule has 0 saturated carbocycles. The first-order valence-corrected chi connectivity index (χ1v) is 9.48. The van der Waals surface area contributed by atoms with Gasteiger partial charge >= 0.3 is 6.09 Å². The van der Waals surface area contributed by atoms with Gasteiger partial charge in [-0.15, -0.1) is 0 Å². The molecule has 4 nitrogen and oxygen atoms in total. The Balaban J connectivity index is 2.49. The van der Waals surface area contributed by atoms with E-state index in [4.69, 9.17) is 10.00 Å². The van der Waals surface area contributed by atoms with Gasteiger partial charge in [0.25, 0.3) is 0 Å². The van der Waals surface area contributed by atoms with Gasteiger partial charge in [0.05, 0.1) is 20.4 Å². The zero-order valence-electron chi connectivity index (χ0n) is 10.3. The lowest BCUT2D eigenvalue weighted by Gasteiger charge is -2.31. The Morgan fingerprint density at radius 2 is 2.19 bits per heavy atom. The van der Waals surface area contributed by atoms with Crippen LogP contribution < -0.4 is 0 Å². The Bertz CT molecular complexity index is 293. The van der Waals surface area contributed by atoms with Crippen molar-refractivity contribution >= 4 is 14.2 Å². The number of ether oxygens (including phenoxy) is 1. The maximum atomic E-state index is 11.8. The molecule has 0 aromatic rings. The molecule has 1 heterocycles. The minimum absolute atomic E-state index is 0.289. The van der Waals surface area contributed by atoms with Crippen molar-refractivity contribution in [3.63, 3.8) is 0 Å². The van der Waals surface area contributed by atoms with E-state index in [0.29, 0.717) is 12.8 Å². The van der Waals surface area contributed by atoms with Crippen molar-refractivity contribution < 1.29 is 9.53 Å². The predicted octanol–water partition coefficient (Wildman–Crippen LogP) is 2.38. The first kappa shape index (κ1) is 13.0. The third-order valence-electron chi connectivity index (χ3n) is 2.51. The average molecular weight is 240 g/mol. The Morgan fingerprint density at radius 3 is 2.75 bits per heavy atom. The van der Waals surface area contributed by atoms with Gasteiger partial charge in [-0.25, -0.2) is 4.79 Å². The van der Waals surface area contributed by atoms with Crippen molar-refractivity contribution in [1.29, 1.82) is 5.26 Å². The zero-order valence-corrected chi connectivity index (χ0v) is 11.3. The second-order valence-corrected chi connectivity index (χ2v) is 10.9. The summed E-state index contributed by atoms with van der Waals surface area (Å²) in [5.41, 5.74) is 0. The summed E-state index contributed by atoms with van der Waals surface area (Å²) < 4.78 is 5.28. The van der Waals surface area contributed by atoms with Gasteiger partial charge in [0, 0.05) is 6.54 Å². The molecular weight excluding hydrogens is 220 g/mol. The topological polar surface area (TPSA) is 53.3 Å². The van der Waals surface area contributed by atoms with Crippen LogP contribution in [-0.2, 0) is 4.74 Å². The summed E-state index contributed by atoms with van der Waals surface area (Å²) in [5.74, 6) is 0. The SMILES string of the molecule is C[Si](C)(C)COC(=O)N1CCCCC1C#N. The molecule has 1 atom stereocenters. The number of nitriles is 1. The average Bonchev–Trinajstić information content (AvgIpc) is 2.25. The Morgan fingerprint density at radius 1 is 1.50 bits per heavy atom. The number of nitrogens with zero attached hydrogens (tertiary/aromatic N) is 2. The van der Waals surface area contributed by atoms with E-state index >= 15 is 0 Å². The van der Waals surface area contributed by atoms with Gasteiger partial charge in [-0.3, -0.25) is 4.90 Å². The Labute approximate surface area is 98.2 Å². The van der Waals surface area contributed by atoms with Crippen molar-refractivity contribution in [2.45, 2.75) is 44.9 Å². The van der Waals surface area contributed by atoms with Crippen LogP contribution in [0.1, 0.15) is 19.3 Å². The molecule has 0 spiro atoms. The van der Waals surface area contributed by atoms with Gasteiger partial charge in [-0.2, -0.15) is 5.26 Å². The maximum Gasteiger partial charge on any atom is 0.410 e. The smallest absolute Gasteiger partial charge is 0.410 e. The van der Waals surface area contributed by atoms with Crippen molar-refractivity contribution in [2.75, 3.05) is 12.8 Å². The number of hydrogen-bond acceptors (Lipinski definition) is 3. The van der Waals surface area contributed by atoms with E-state index < -0.39 is 8.07 Å². The van der Waals surface area contributed by atoms with Gasteiger partial charge in [0.1, 0.15) is 6.04 Å². The van der Waals surface area contributed by atoms with Crippen molar-refractivity contribution in [3.8, 4) is 6.07 Å². The lowest BCUT2D eigenvalue weighted by molar-refractivity contribution is 0.0957. The van der Waals surface area contributed by atoms with Crippen molar-refractivity contribution in [3.05, 3.63) is 0 Å². The molecule has 1 unspecified atom stereocenters. The number of amides is 1. The predicted molar refractivity (Wildman–Crippen MR) is 64.7 cm³/mol. The standard InChI is InChI=1S/C11H20N2O2Si/c1-16(2,3)9-15-11(14)13-7-5-4-6-10(13)8-12/h10H,4-7,9H2,1-3H3. The summed E-state index contributed by atoms with van der Waals surface area (Å²) in [6.07, 6.45) is 2.99. The molecule has 0 aliphatic carbocycles. The molecular formula is C11H20N2O2Si. The van der Waals surface area contributed by atoms with Crippen molar-refractivity contribution in [1.82, 2.24) is 4.90 Å². The van der Waals surface area contributed by atoms with Gasteiger partial charge < -0.3 is 4.74 Å². The number of carbonyl (C=O) groups excluding carboxylic acids is 1. The van der Waals surface area contributed by atoms with E-state index in [1.54, 1.807) is 4.90 Å². The molecule has 1 amide bonds. The van der Waals surface area contributed by atoms with E-state index in [1.165, 1.54) is 0 Å². The third-order valence-corrected chi connectivity index (χ3v) is 3.53. The fraction of sp³-hybridized carbons (Fsp3) is 0.818. The molecule has 16 heavy (non-hydrogen) atoms. The molecule has 0 aromatic heterocycles. The van der Waals surface area contributed by atoms with Gasteiger partial charge in [0.2, 0.25) is 0 Å². The maximum absolute atomic E-state index is 11.8. The van der Waals surface area contributed by atoms with Gasteiger partial charge in [0.15, 0.2) is 0 Å². The first-order valence-electron chi connectivity index (χ1n) is 5.77. The summed E-state index contributed by atoms with van der Waals surface area (Å²) in [5, 5.41) is 8.95. The second-order valence-electron chi connectivity index (χ2n) is 5.45. The number of hydrogen-bond donors (Lipinski definition) is 0. The minimum atomic E-state index is -1.37. The highest BCUT2D eigenvalue weighted by molar-refractivity contribution is 6.76. The highest BCUT2D eigenvalue weighted by atomic mass is 28.3. The lowest BCUT2D eigenvalue weighted by atomic mass is 10.0. The summed E-state index contributed by atoms with van der Waals surface area (Å²) >= 11 is 0. The minimum Gasteiger partial charge on any atom is -0.453 e. The molecule has 1 aliphatic heterocycles. The molecule has 1 fully saturated rings. The van der Waals surface area contributed by atoms with Crippen LogP contribution in [0.4, 0.5) is 4.79 Å². The van der Waals surface area contributed by atoms with Gasteiger partial charge in [-0.05, 0) is 19.3 Å². The zero-order chi connectivity index (χ0) is 12.2. The van der Waals surface area contributed by atoms with Crippen LogP contribution in [0.3, 0.4) is 0 Å². The largest absolute Gasteiger partial charge is 0.453 e. The summed E-state index contributed by atoms with van der Waals surface area (Å²) in [6, 6.07) is 1.88. The van der Waals surface area contributed by atoms with Crippen LogP contribution in [0.2, 0.25) is 19.6 Å². The van der Waals surface area contributed by atoms with Crippen LogP contribution in [0.5, 0.6) is 0 Å². The first-order chi connectivity index (χ1) is 7.44. The summed E-state index contributed by atoms with van der Waals surface area (Å²) in [7, 11) is -1.37. The van der Waals surface area contributed by atoms with Crippen LogP contribution in [0.15, 0.2) is 0 Å². The van der Waals surface area contributed by atoms with E-state index in [1.807, 2.05) is 0 Å². The highest BCUT2D eigenvalue weighted by Crippen LogP contribution is 2.17. The van der Waals surface area contributed by atoms with E-state index in [-0.39, 0.29) is 12.1 Å². The highest BCUT2D eigenvalue weighted by Gasteiger charge is 2.28. The quantitative estimate of drug-likeness (QED) is 0.696. The number of rotatable bonds is 2. The summed E-state index contributed by atoms with van der Waals surface area (Å²) in [4.78, 5) is 13.4. The van der Waals surface area contributed by atoms with E-state index in [0.717, 1.165) is 19.3 Å². The molecule has 0 radical (unpaired) electrons. The van der Waals surface area contributed by atoms with Crippen LogP contribution in [0.25, 0.3) is 0 Å². The van der Waals surface area contributed by atoms with Crippen LogP contribution in [0, 0.1) is 11.3 Å². The normalized spacial score (nSPS) is 21.4. The molecule has 0 aromatic carbocycles. The molecule has 1 aliphatic rings. The monoisotopic (exact) mass is 240 g/mol. The Kier molecular flexibility index (Phi) is 4.36. The molecule has 90 valence electrons. The number of piperidine rings is 1. The molecule has 0 bridgehead atoms. The van der Waals surface area contributed by atoms with Crippen LogP contribution >= 0.6 is 0 Å². The molecule has 5 heteroatoms. The van der Waals surface area contributed by atoms with Gasteiger partial charge in [-0.1, -0.05) is 19.6 Å². The third kappa shape index (κ3) is 3.85. The summed E-state index contributed by atoms with van der Waals surface area (Å²) in [6.45, 7) is 7.11. The second kappa shape index (κ2) is 5.35. The fourth-order valence-electron chi connectivity index (χ4n) is 1.65. The number of likely N-dealkylation sites (tertiary alicyclic amines) is 1. The number of carbonyl (C=O) groups is 1. The van der Waals surface area contributed by atoms with E-state index in [9.17, 15) is 4.79 Å². The molecule has 0 N–H and O–H groups in total. The molecule has 1 saturated heterocycles.